The number of likely N-dealkylation sites (tertiary alicyclic amines) is 1. The van der Waals surface area contributed by atoms with Crippen molar-refractivity contribution in [1.29, 1.82) is 0 Å². The van der Waals surface area contributed by atoms with Gasteiger partial charge in [-0.25, -0.2) is 4.98 Å². The highest BCUT2D eigenvalue weighted by Crippen LogP contribution is 2.23. The molecule has 3 aromatic rings. The van der Waals surface area contributed by atoms with Crippen LogP contribution < -0.4 is 0 Å². The highest BCUT2D eigenvalue weighted by Gasteiger charge is 2.31. The van der Waals surface area contributed by atoms with Gasteiger partial charge in [0, 0.05) is 49.6 Å². The Morgan fingerprint density at radius 1 is 0.971 bits per heavy atom. The summed E-state index contributed by atoms with van der Waals surface area (Å²) in [5.41, 5.74) is 3.32. The first kappa shape index (κ1) is 23.1. The SMILES string of the molecule is Cc1ccc(-c2noc(CN3CCN(C(=O)C4CCN(Cc5csc(C)n5)CC4)CC3)n2)cc1. The number of aryl methyl sites for hydroxylation is 2. The molecule has 0 N–H and O–H groups in total. The van der Waals surface area contributed by atoms with E-state index in [4.69, 9.17) is 4.52 Å². The largest absolute Gasteiger partial charge is 0.340 e. The van der Waals surface area contributed by atoms with E-state index in [1.165, 1.54) is 5.56 Å². The first-order valence-corrected chi connectivity index (χ1v) is 13.0. The molecule has 1 amide bonds. The maximum absolute atomic E-state index is 13.1. The predicted octanol–water partition coefficient (Wildman–Crippen LogP) is 3.37. The molecule has 2 fully saturated rings. The van der Waals surface area contributed by atoms with E-state index < -0.39 is 0 Å². The average Bonchev–Trinajstić information content (AvgIpc) is 3.49. The molecule has 0 bridgehead atoms. The number of amides is 1. The van der Waals surface area contributed by atoms with E-state index in [0.29, 0.717) is 24.2 Å². The lowest BCUT2D eigenvalue weighted by molar-refractivity contribution is -0.139. The molecule has 5 rings (SSSR count). The first-order valence-electron chi connectivity index (χ1n) is 12.1. The van der Waals surface area contributed by atoms with Crippen LogP contribution in [0.5, 0.6) is 0 Å². The molecule has 180 valence electrons. The predicted molar refractivity (Wildman–Crippen MR) is 131 cm³/mol. The zero-order valence-corrected chi connectivity index (χ0v) is 20.8. The second kappa shape index (κ2) is 10.3. The summed E-state index contributed by atoms with van der Waals surface area (Å²) in [5.74, 6) is 1.72. The summed E-state index contributed by atoms with van der Waals surface area (Å²) in [7, 11) is 0. The molecule has 1 aromatic carbocycles. The van der Waals surface area contributed by atoms with Gasteiger partial charge < -0.3 is 9.42 Å². The number of hydrogen-bond acceptors (Lipinski definition) is 8. The Bertz CT molecular complexity index is 1090. The average molecular weight is 481 g/mol. The van der Waals surface area contributed by atoms with Crippen LogP contribution in [0.1, 0.15) is 35.0 Å². The molecule has 0 unspecified atom stereocenters. The van der Waals surface area contributed by atoms with Crippen LogP contribution in [0.3, 0.4) is 0 Å². The Hall–Kier alpha value is -2.62. The maximum Gasteiger partial charge on any atom is 0.241 e. The molecule has 4 heterocycles. The lowest BCUT2D eigenvalue weighted by Crippen LogP contribution is -2.51. The third-order valence-electron chi connectivity index (χ3n) is 6.81. The van der Waals surface area contributed by atoms with Gasteiger partial charge >= 0.3 is 0 Å². The second-order valence-corrected chi connectivity index (χ2v) is 10.4. The van der Waals surface area contributed by atoms with Gasteiger partial charge in [0.1, 0.15) is 0 Å². The van der Waals surface area contributed by atoms with Crippen LogP contribution in [-0.2, 0) is 17.9 Å². The fourth-order valence-corrected chi connectivity index (χ4v) is 5.37. The Balaban J connectivity index is 1.06. The van der Waals surface area contributed by atoms with E-state index in [-0.39, 0.29) is 5.92 Å². The van der Waals surface area contributed by atoms with Crippen molar-refractivity contribution in [3.63, 3.8) is 0 Å². The third-order valence-corrected chi connectivity index (χ3v) is 7.63. The van der Waals surface area contributed by atoms with Crippen LogP contribution in [0, 0.1) is 19.8 Å². The third kappa shape index (κ3) is 5.54. The zero-order chi connectivity index (χ0) is 23.5. The minimum absolute atomic E-state index is 0.146. The molecular weight excluding hydrogens is 448 g/mol. The van der Waals surface area contributed by atoms with Crippen molar-refractivity contribution in [3.05, 3.63) is 51.8 Å². The van der Waals surface area contributed by atoms with Crippen LogP contribution in [0.2, 0.25) is 0 Å². The number of piperazine rings is 1. The summed E-state index contributed by atoms with van der Waals surface area (Å²) in [4.78, 5) is 29.0. The van der Waals surface area contributed by atoms with E-state index in [1.54, 1.807) is 11.3 Å². The number of benzene rings is 1. The van der Waals surface area contributed by atoms with Crippen LogP contribution in [0.25, 0.3) is 11.4 Å². The van der Waals surface area contributed by atoms with Crippen molar-refractivity contribution in [2.75, 3.05) is 39.3 Å². The number of piperidine rings is 1. The zero-order valence-electron chi connectivity index (χ0n) is 19.9. The Morgan fingerprint density at radius 2 is 1.68 bits per heavy atom. The second-order valence-electron chi connectivity index (χ2n) is 9.39. The first-order chi connectivity index (χ1) is 16.5. The number of carbonyl (C=O) groups excluding carboxylic acids is 1. The van der Waals surface area contributed by atoms with E-state index in [1.807, 2.05) is 36.1 Å². The number of rotatable bonds is 6. The van der Waals surface area contributed by atoms with Crippen molar-refractivity contribution >= 4 is 17.2 Å². The lowest BCUT2D eigenvalue weighted by atomic mass is 9.95. The van der Waals surface area contributed by atoms with Crippen LogP contribution in [0.15, 0.2) is 34.2 Å². The molecule has 9 heteroatoms. The van der Waals surface area contributed by atoms with Gasteiger partial charge in [-0.2, -0.15) is 4.98 Å². The molecule has 0 radical (unpaired) electrons. The smallest absolute Gasteiger partial charge is 0.241 e. The van der Waals surface area contributed by atoms with Gasteiger partial charge in [0.05, 0.1) is 17.2 Å². The van der Waals surface area contributed by atoms with Crippen LogP contribution in [0.4, 0.5) is 0 Å². The molecule has 8 nitrogen and oxygen atoms in total. The Morgan fingerprint density at radius 3 is 2.35 bits per heavy atom. The Labute approximate surface area is 204 Å². The van der Waals surface area contributed by atoms with E-state index in [0.717, 1.165) is 74.9 Å². The van der Waals surface area contributed by atoms with E-state index in [9.17, 15) is 4.79 Å². The highest BCUT2D eigenvalue weighted by molar-refractivity contribution is 7.09. The molecule has 2 saturated heterocycles. The minimum Gasteiger partial charge on any atom is -0.340 e. The van der Waals surface area contributed by atoms with Gasteiger partial charge in [0.15, 0.2) is 0 Å². The van der Waals surface area contributed by atoms with Crippen molar-refractivity contribution in [2.24, 2.45) is 5.92 Å². The molecular formula is C25H32N6O2S. The summed E-state index contributed by atoms with van der Waals surface area (Å²) >= 11 is 1.70. The molecule has 0 atom stereocenters. The standard InChI is InChI=1S/C25H32N6O2S/c1-18-3-5-20(6-4-18)24-27-23(33-28-24)16-30-11-13-31(14-12-30)25(32)21-7-9-29(10-8-21)15-22-17-34-19(2)26-22/h3-6,17,21H,7-16H2,1-2H3. The summed E-state index contributed by atoms with van der Waals surface area (Å²) in [5, 5.41) is 7.39. The normalized spacial score (nSPS) is 18.5. The number of aromatic nitrogens is 3. The van der Waals surface area contributed by atoms with Gasteiger partial charge in [-0.1, -0.05) is 35.0 Å². The van der Waals surface area contributed by atoms with Crippen molar-refractivity contribution in [1.82, 2.24) is 29.8 Å². The summed E-state index contributed by atoms with van der Waals surface area (Å²) < 4.78 is 5.48. The quantitative estimate of drug-likeness (QED) is 0.535. The number of hydrogen-bond donors (Lipinski definition) is 0. The van der Waals surface area contributed by atoms with Gasteiger partial charge in [-0.05, 0) is 39.8 Å². The molecule has 2 aliphatic heterocycles. The maximum atomic E-state index is 13.1. The van der Waals surface area contributed by atoms with Crippen molar-refractivity contribution < 1.29 is 9.32 Å². The number of nitrogens with zero attached hydrogens (tertiary/aromatic N) is 6. The van der Waals surface area contributed by atoms with Crippen LogP contribution in [-0.4, -0.2) is 75.0 Å². The van der Waals surface area contributed by atoms with E-state index in [2.05, 4.69) is 37.2 Å². The minimum atomic E-state index is 0.146. The summed E-state index contributed by atoms with van der Waals surface area (Å²) in [6, 6.07) is 8.12. The topological polar surface area (TPSA) is 78.6 Å². The lowest BCUT2D eigenvalue weighted by Gasteiger charge is -2.38. The fourth-order valence-electron chi connectivity index (χ4n) is 4.76. The van der Waals surface area contributed by atoms with Gasteiger partial charge in [-0.3, -0.25) is 14.6 Å². The number of thiazole rings is 1. The van der Waals surface area contributed by atoms with E-state index >= 15 is 0 Å². The van der Waals surface area contributed by atoms with Crippen LogP contribution >= 0.6 is 11.3 Å². The summed E-state index contributed by atoms with van der Waals surface area (Å²) in [6.45, 7) is 10.7. The van der Waals surface area contributed by atoms with Gasteiger partial charge in [0.25, 0.3) is 0 Å². The molecule has 34 heavy (non-hydrogen) atoms. The van der Waals surface area contributed by atoms with Crippen molar-refractivity contribution in [3.8, 4) is 11.4 Å². The highest BCUT2D eigenvalue weighted by atomic mass is 32.1. The number of carbonyl (C=O) groups is 1. The molecule has 0 aliphatic carbocycles. The fraction of sp³-hybridized carbons (Fsp3) is 0.520. The van der Waals surface area contributed by atoms with Gasteiger partial charge in [0.2, 0.25) is 17.6 Å². The summed E-state index contributed by atoms with van der Waals surface area (Å²) in [6.07, 6.45) is 1.87. The molecule has 0 saturated carbocycles. The molecule has 2 aliphatic rings. The van der Waals surface area contributed by atoms with Gasteiger partial charge in [-0.15, -0.1) is 11.3 Å². The molecule has 0 spiro atoms. The molecule has 2 aromatic heterocycles. The monoisotopic (exact) mass is 480 g/mol. The van der Waals surface area contributed by atoms with Crippen molar-refractivity contribution in [2.45, 2.75) is 39.8 Å². The Kier molecular flexibility index (Phi) is 7.03.